The van der Waals surface area contributed by atoms with Gasteiger partial charge in [-0.3, -0.25) is 0 Å². The highest BCUT2D eigenvalue weighted by molar-refractivity contribution is 5.75. The number of H-pyrrole nitrogens is 1. The number of nitrogens with one attached hydrogen (secondary N) is 1. The first kappa shape index (κ1) is 12.7. The number of imidazole rings is 1. The van der Waals surface area contributed by atoms with Crippen LogP contribution in [0.4, 0.5) is 0 Å². The Morgan fingerprint density at radius 3 is 2.80 bits per heavy atom. The number of rotatable bonds is 4. The van der Waals surface area contributed by atoms with E-state index < -0.39 is 0 Å². The molecule has 3 nitrogen and oxygen atoms in total. The van der Waals surface area contributed by atoms with Crippen LogP contribution >= 0.6 is 0 Å². The van der Waals surface area contributed by atoms with Gasteiger partial charge in [-0.1, -0.05) is 24.3 Å². The Kier molecular flexibility index (Phi) is 3.42. The van der Waals surface area contributed by atoms with Gasteiger partial charge in [0.05, 0.1) is 18.1 Å². The van der Waals surface area contributed by atoms with E-state index in [0.29, 0.717) is 0 Å². The molecule has 1 N–H and O–H groups in total. The molecule has 0 saturated heterocycles. The lowest BCUT2D eigenvalue weighted by atomic mass is 10.1. The summed E-state index contributed by atoms with van der Waals surface area (Å²) < 4.78 is 5.38. The molecule has 2 aromatic carbocycles. The molecule has 0 aliphatic carbocycles. The second kappa shape index (κ2) is 5.37. The number of hydrogen-bond acceptors (Lipinski definition) is 2. The smallest absolute Gasteiger partial charge is 0.122 e. The third-order valence-corrected chi connectivity index (χ3v) is 3.51. The van der Waals surface area contributed by atoms with E-state index >= 15 is 0 Å². The number of aromatic nitrogens is 2. The average Bonchev–Trinajstić information content (AvgIpc) is 2.87. The molecule has 20 heavy (non-hydrogen) atoms. The summed E-state index contributed by atoms with van der Waals surface area (Å²) in [6, 6.07) is 14.4. The Bertz CT molecular complexity index is 731. The number of fused-ring (bicyclic) bond motifs is 1. The number of benzene rings is 2. The second-order valence-electron chi connectivity index (χ2n) is 5.02. The second-order valence-corrected chi connectivity index (χ2v) is 5.02. The van der Waals surface area contributed by atoms with Gasteiger partial charge in [-0.05, 0) is 42.7 Å². The van der Waals surface area contributed by atoms with E-state index in [1.165, 1.54) is 11.1 Å². The first-order valence-electron chi connectivity index (χ1n) is 6.83. The molecule has 3 aromatic rings. The summed E-state index contributed by atoms with van der Waals surface area (Å²) in [4.78, 5) is 8.02. The quantitative estimate of drug-likeness (QED) is 0.782. The molecular formula is C17H18N2O. The maximum absolute atomic E-state index is 5.38. The number of ether oxygens (including phenoxy) is 1. The molecule has 0 spiro atoms. The molecule has 1 aromatic heterocycles. The molecule has 102 valence electrons. The molecule has 0 unspecified atom stereocenters. The number of methoxy groups -OCH3 is 1. The number of aryl methyl sites for hydroxylation is 3. The number of para-hydroxylation sites is 1. The van der Waals surface area contributed by atoms with E-state index in [1.54, 1.807) is 7.11 Å². The van der Waals surface area contributed by atoms with Gasteiger partial charge in [0.1, 0.15) is 11.6 Å². The minimum absolute atomic E-state index is 0.883. The van der Waals surface area contributed by atoms with Gasteiger partial charge in [-0.2, -0.15) is 0 Å². The number of aromatic amines is 1. The topological polar surface area (TPSA) is 37.9 Å². The average molecular weight is 266 g/mol. The normalized spacial score (nSPS) is 10.9. The zero-order valence-electron chi connectivity index (χ0n) is 11.8. The Morgan fingerprint density at radius 2 is 1.95 bits per heavy atom. The monoisotopic (exact) mass is 266 g/mol. The van der Waals surface area contributed by atoms with E-state index in [2.05, 4.69) is 41.2 Å². The zero-order chi connectivity index (χ0) is 13.9. The summed E-state index contributed by atoms with van der Waals surface area (Å²) in [5.41, 5.74) is 4.61. The van der Waals surface area contributed by atoms with Gasteiger partial charge >= 0.3 is 0 Å². The van der Waals surface area contributed by atoms with Crippen molar-refractivity contribution < 1.29 is 4.74 Å². The van der Waals surface area contributed by atoms with Crippen LogP contribution in [0.15, 0.2) is 42.5 Å². The molecule has 0 saturated carbocycles. The molecule has 0 fully saturated rings. The van der Waals surface area contributed by atoms with Crippen LogP contribution in [0.3, 0.4) is 0 Å². The highest BCUT2D eigenvalue weighted by Crippen LogP contribution is 2.20. The molecule has 0 aliphatic heterocycles. The largest absolute Gasteiger partial charge is 0.496 e. The zero-order valence-corrected chi connectivity index (χ0v) is 11.8. The third-order valence-electron chi connectivity index (χ3n) is 3.51. The van der Waals surface area contributed by atoms with E-state index in [0.717, 1.165) is 35.4 Å². The fourth-order valence-electron chi connectivity index (χ4n) is 2.46. The summed E-state index contributed by atoms with van der Waals surface area (Å²) >= 11 is 0. The first-order valence-corrected chi connectivity index (χ1v) is 6.83. The first-order chi connectivity index (χ1) is 9.76. The molecule has 0 radical (unpaired) electrons. The van der Waals surface area contributed by atoms with Gasteiger partial charge in [0.15, 0.2) is 0 Å². The van der Waals surface area contributed by atoms with Gasteiger partial charge in [0, 0.05) is 6.42 Å². The van der Waals surface area contributed by atoms with Crippen LogP contribution in [0.25, 0.3) is 11.0 Å². The summed E-state index contributed by atoms with van der Waals surface area (Å²) in [5.74, 6) is 1.97. The van der Waals surface area contributed by atoms with E-state index in [4.69, 9.17) is 4.74 Å². The Hall–Kier alpha value is -2.29. The van der Waals surface area contributed by atoms with Gasteiger partial charge in [-0.25, -0.2) is 4.98 Å². The lowest BCUT2D eigenvalue weighted by Gasteiger charge is -2.06. The van der Waals surface area contributed by atoms with Crippen LogP contribution in [0.1, 0.15) is 17.0 Å². The molecule has 0 atom stereocenters. The summed E-state index contributed by atoms with van der Waals surface area (Å²) in [5, 5.41) is 0. The predicted octanol–water partition coefficient (Wildman–Crippen LogP) is 3.67. The van der Waals surface area contributed by atoms with Crippen molar-refractivity contribution in [2.75, 3.05) is 7.11 Å². The SMILES string of the molecule is COc1ccccc1CCc1nc2ccc(C)cc2[nH]1. The van der Waals surface area contributed by atoms with Crippen LogP contribution in [-0.4, -0.2) is 17.1 Å². The molecule has 3 rings (SSSR count). The van der Waals surface area contributed by atoms with Crippen LogP contribution < -0.4 is 4.74 Å². The van der Waals surface area contributed by atoms with Crippen molar-refractivity contribution in [3.63, 3.8) is 0 Å². The standard InChI is InChI=1S/C17H18N2O/c1-12-7-9-14-15(11-12)19-17(18-14)10-8-13-5-3-4-6-16(13)20-2/h3-7,9,11H,8,10H2,1-2H3,(H,18,19). The summed E-state index contributed by atoms with van der Waals surface area (Å²) in [6.07, 6.45) is 1.80. The fourth-order valence-corrected chi connectivity index (χ4v) is 2.46. The third kappa shape index (κ3) is 2.52. The van der Waals surface area contributed by atoms with E-state index in [1.807, 2.05) is 18.2 Å². The van der Waals surface area contributed by atoms with Gasteiger partial charge in [0.2, 0.25) is 0 Å². The molecule has 0 bridgehead atoms. The molecule has 0 amide bonds. The van der Waals surface area contributed by atoms with Crippen molar-refractivity contribution in [2.45, 2.75) is 19.8 Å². The van der Waals surface area contributed by atoms with E-state index in [9.17, 15) is 0 Å². The Labute approximate surface area is 118 Å². The lowest BCUT2D eigenvalue weighted by Crippen LogP contribution is -1.96. The maximum Gasteiger partial charge on any atom is 0.122 e. The van der Waals surface area contributed by atoms with Crippen LogP contribution in [0.2, 0.25) is 0 Å². The number of hydrogen-bond donors (Lipinski definition) is 1. The molecule has 0 aliphatic rings. The molecule has 1 heterocycles. The fraction of sp³-hybridized carbons (Fsp3) is 0.235. The maximum atomic E-state index is 5.38. The van der Waals surface area contributed by atoms with Crippen LogP contribution in [-0.2, 0) is 12.8 Å². The van der Waals surface area contributed by atoms with Gasteiger partial charge < -0.3 is 9.72 Å². The lowest BCUT2D eigenvalue weighted by molar-refractivity contribution is 0.409. The highest BCUT2D eigenvalue weighted by Gasteiger charge is 2.06. The van der Waals surface area contributed by atoms with Crippen molar-refractivity contribution in [1.29, 1.82) is 0 Å². The summed E-state index contributed by atoms with van der Waals surface area (Å²) in [7, 11) is 1.71. The van der Waals surface area contributed by atoms with Crippen molar-refractivity contribution in [2.24, 2.45) is 0 Å². The van der Waals surface area contributed by atoms with Crippen molar-refractivity contribution in [3.8, 4) is 5.75 Å². The van der Waals surface area contributed by atoms with Gasteiger partial charge in [-0.15, -0.1) is 0 Å². The van der Waals surface area contributed by atoms with Crippen molar-refractivity contribution in [1.82, 2.24) is 9.97 Å². The van der Waals surface area contributed by atoms with Crippen molar-refractivity contribution >= 4 is 11.0 Å². The minimum Gasteiger partial charge on any atom is -0.496 e. The summed E-state index contributed by atoms with van der Waals surface area (Å²) in [6.45, 7) is 2.09. The van der Waals surface area contributed by atoms with Crippen LogP contribution in [0, 0.1) is 6.92 Å². The predicted molar refractivity (Wildman–Crippen MR) is 81.2 cm³/mol. The van der Waals surface area contributed by atoms with Crippen molar-refractivity contribution in [3.05, 3.63) is 59.4 Å². The molecular weight excluding hydrogens is 248 g/mol. The highest BCUT2D eigenvalue weighted by atomic mass is 16.5. The van der Waals surface area contributed by atoms with Gasteiger partial charge in [0.25, 0.3) is 0 Å². The van der Waals surface area contributed by atoms with Crippen LogP contribution in [0.5, 0.6) is 5.75 Å². The minimum atomic E-state index is 0.883. The molecule has 3 heteroatoms. The Balaban J connectivity index is 1.79. The number of nitrogens with zero attached hydrogens (tertiary/aromatic N) is 1. The van der Waals surface area contributed by atoms with E-state index in [-0.39, 0.29) is 0 Å². The Morgan fingerprint density at radius 1 is 1.10 bits per heavy atom.